The molecule has 0 unspecified atom stereocenters. The lowest BCUT2D eigenvalue weighted by molar-refractivity contribution is 0.172. The molecule has 2 aromatic rings. The molecule has 0 radical (unpaired) electrons. The molecule has 0 saturated carbocycles. The Bertz CT molecular complexity index is 694. The first kappa shape index (κ1) is 17.1. The number of rotatable bonds is 6. The minimum atomic E-state index is -0.508. The Morgan fingerprint density at radius 2 is 2.26 bits per heavy atom. The van der Waals surface area contributed by atoms with E-state index in [1.807, 2.05) is 24.3 Å². The Morgan fingerprint density at radius 3 is 2.91 bits per heavy atom. The fourth-order valence-corrected chi connectivity index (χ4v) is 2.58. The highest BCUT2D eigenvalue weighted by Gasteiger charge is 2.05. The number of hydrogen-bond acceptors (Lipinski definition) is 6. The molecule has 0 atom stereocenters. The van der Waals surface area contributed by atoms with E-state index in [0.29, 0.717) is 10.7 Å². The number of ether oxygens (including phenoxy) is 1. The highest BCUT2D eigenvalue weighted by Crippen LogP contribution is 2.33. The van der Waals surface area contributed by atoms with E-state index in [0.717, 1.165) is 15.6 Å². The molecule has 0 fully saturated rings. The van der Waals surface area contributed by atoms with Crippen LogP contribution < -0.4 is 10.6 Å². The van der Waals surface area contributed by atoms with Gasteiger partial charge in [0, 0.05) is 11.1 Å². The quantitative estimate of drug-likeness (QED) is 0.609. The summed E-state index contributed by atoms with van der Waals surface area (Å²) in [5, 5.41) is 7.00. The van der Waals surface area contributed by atoms with Crippen LogP contribution in [0.25, 0.3) is 0 Å². The smallest absolute Gasteiger partial charge is 0.408 e. The summed E-state index contributed by atoms with van der Waals surface area (Å²) < 4.78 is 4.49. The van der Waals surface area contributed by atoms with Gasteiger partial charge in [-0.25, -0.2) is 9.78 Å². The predicted molar refractivity (Wildman–Crippen MR) is 93.1 cm³/mol. The summed E-state index contributed by atoms with van der Waals surface area (Å²) in [5.41, 5.74) is 1.43. The third-order valence-corrected chi connectivity index (χ3v) is 3.92. The van der Waals surface area contributed by atoms with E-state index in [2.05, 4.69) is 32.1 Å². The second-order valence-electron chi connectivity index (χ2n) is 4.28. The molecule has 0 aliphatic rings. The molecule has 23 heavy (non-hydrogen) atoms. The van der Waals surface area contributed by atoms with Crippen molar-refractivity contribution in [2.75, 3.05) is 19.1 Å². The van der Waals surface area contributed by atoms with Crippen molar-refractivity contribution in [1.82, 2.24) is 10.3 Å². The number of nitrogens with one attached hydrogen (secondary N) is 2. The summed E-state index contributed by atoms with van der Waals surface area (Å²) >= 11 is 7.31. The van der Waals surface area contributed by atoms with E-state index in [1.165, 1.54) is 18.9 Å². The molecule has 1 aromatic heterocycles. The van der Waals surface area contributed by atoms with E-state index in [4.69, 9.17) is 11.6 Å². The minimum Gasteiger partial charge on any atom is -0.453 e. The minimum absolute atomic E-state index is 0.223. The van der Waals surface area contributed by atoms with Crippen LogP contribution >= 0.6 is 23.4 Å². The normalized spacial score (nSPS) is 10.0. The van der Waals surface area contributed by atoms with Crippen molar-refractivity contribution >= 4 is 47.5 Å². The van der Waals surface area contributed by atoms with Crippen LogP contribution in [0.5, 0.6) is 0 Å². The van der Waals surface area contributed by atoms with Crippen molar-refractivity contribution < 1.29 is 9.53 Å². The summed E-state index contributed by atoms with van der Waals surface area (Å²) in [4.78, 5) is 20.2. The average molecular weight is 351 g/mol. The zero-order chi connectivity index (χ0) is 16.7. The molecule has 0 bridgehead atoms. The van der Waals surface area contributed by atoms with Gasteiger partial charge >= 0.3 is 6.09 Å². The van der Waals surface area contributed by atoms with Crippen molar-refractivity contribution in [2.45, 2.75) is 9.92 Å². The van der Waals surface area contributed by atoms with E-state index in [-0.39, 0.29) is 6.67 Å². The molecule has 2 N–H and O–H groups in total. The fourth-order valence-electron chi connectivity index (χ4n) is 1.68. The lowest BCUT2D eigenvalue weighted by Gasteiger charge is -2.11. The zero-order valence-electron chi connectivity index (χ0n) is 12.4. The Hall–Kier alpha value is -2.25. The molecular formula is C15H15ClN4O2S. The van der Waals surface area contributed by atoms with Gasteiger partial charge in [-0.3, -0.25) is 4.99 Å². The van der Waals surface area contributed by atoms with Gasteiger partial charge in [0.05, 0.1) is 30.2 Å². The summed E-state index contributed by atoms with van der Waals surface area (Å²) in [5.74, 6) is 0. The second kappa shape index (κ2) is 8.40. The number of halogens is 1. The maximum atomic E-state index is 11.0. The summed E-state index contributed by atoms with van der Waals surface area (Å²) in [6.07, 6.45) is 1.09. The van der Waals surface area contributed by atoms with Gasteiger partial charge in [-0.1, -0.05) is 23.4 Å². The third kappa shape index (κ3) is 5.15. The number of amides is 1. The van der Waals surface area contributed by atoms with Gasteiger partial charge in [0.25, 0.3) is 0 Å². The van der Waals surface area contributed by atoms with Crippen molar-refractivity contribution in [3.63, 3.8) is 0 Å². The van der Waals surface area contributed by atoms with Gasteiger partial charge in [0.1, 0.15) is 5.03 Å². The molecule has 1 amide bonds. The maximum absolute atomic E-state index is 11.0. The Balaban J connectivity index is 2.05. The summed E-state index contributed by atoms with van der Waals surface area (Å²) in [6.45, 7) is 3.79. The molecule has 0 aliphatic heterocycles. The molecule has 0 spiro atoms. The Kier molecular flexibility index (Phi) is 6.25. The standard InChI is InChI=1S/C15H15ClN4O2S/c1-17-13-7-11(23-14-6-3-10(16)8-18-14)4-5-12(13)19-9-20-15(21)22-2/h3-8,19H,1,9H2,2H3,(H,20,21). The monoisotopic (exact) mass is 350 g/mol. The van der Waals surface area contributed by atoms with Crippen molar-refractivity contribution in [3.8, 4) is 0 Å². The average Bonchev–Trinajstić information content (AvgIpc) is 2.57. The van der Waals surface area contributed by atoms with Crippen LogP contribution in [0.3, 0.4) is 0 Å². The Labute approximate surface area is 143 Å². The van der Waals surface area contributed by atoms with E-state index in [9.17, 15) is 4.79 Å². The molecule has 2 rings (SSSR count). The Morgan fingerprint density at radius 1 is 1.43 bits per heavy atom. The van der Waals surface area contributed by atoms with Crippen LogP contribution in [0.4, 0.5) is 16.2 Å². The van der Waals surface area contributed by atoms with Crippen LogP contribution in [0.2, 0.25) is 5.02 Å². The number of carbonyl (C=O) groups is 1. The number of nitrogens with zero attached hydrogens (tertiary/aromatic N) is 2. The predicted octanol–water partition coefficient (Wildman–Crippen LogP) is 3.94. The van der Waals surface area contributed by atoms with Gasteiger partial charge in [-0.05, 0) is 37.0 Å². The number of methoxy groups -OCH3 is 1. The van der Waals surface area contributed by atoms with E-state index >= 15 is 0 Å². The molecular weight excluding hydrogens is 336 g/mol. The SMILES string of the molecule is C=Nc1cc(Sc2ccc(Cl)cn2)ccc1NCNC(=O)OC. The summed E-state index contributed by atoms with van der Waals surface area (Å²) in [7, 11) is 1.31. The first-order valence-corrected chi connectivity index (χ1v) is 7.77. The second-order valence-corrected chi connectivity index (χ2v) is 5.81. The lowest BCUT2D eigenvalue weighted by Crippen LogP contribution is -2.28. The first-order chi connectivity index (χ1) is 11.1. The van der Waals surface area contributed by atoms with Crippen LogP contribution in [-0.4, -0.2) is 31.6 Å². The zero-order valence-corrected chi connectivity index (χ0v) is 13.9. The van der Waals surface area contributed by atoms with Gasteiger partial charge in [-0.15, -0.1) is 0 Å². The highest BCUT2D eigenvalue weighted by atomic mass is 35.5. The number of alkyl carbamates (subject to hydrolysis) is 1. The van der Waals surface area contributed by atoms with Crippen molar-refractivity contribution in [2.24, 2.45) is 4.99 Å². The first-order valence-electron chi connectivity index (χ1n) is 6.58. The van der Waals surface area contributed by atoms with Gasteiger partial charge in [-0.2, -0.15) is 0 Å². The number of benzene rings is 1. The van der Waals surface area contributed by atoms with Crippen LogP contribution in [-0.2, 0) is 4.74 Å². The topological polar surface area (TPSA) is 75.6 Å². The molecule has 0 saturated heterocycles. The van der Waals surface area contributed by atoms with Crippen LogP contribution in [0.15, 0.2) is 51.4 Å². The number of carbonyl (C=O) groups excluding carboxylic acids is 1. The number of aromatic nitrogens is 1. The van der Waals surface area contributed by atoms with Gasteiger partial charge in [0.2, 0.25) is 0 Å². The molecule has 120 valence electrons. The molecule has 1 aromatic carbocycles. The molecule has 6 nitrogen and oxygen atoms in total. The van der Waals surface area contributed by atoms with E-state index in [1.54, 1.807) is 12.3 Å². The van der Waals surface area contributed by atoms with Crippen LogP contribution in [0, 0.1) is 0 Å². The summed E-state index contributed by atoms with van der Waals surface area (Å²) in [6, 6.07) is 9.31. The number of hydrogen-bond donors (Lipinski definition) is 2. The fraction of sp³-hybridized carbons (Fsp3) is 0.133. The number of pyridine rings is 1. The van der Waals surface area contributed by atoms with Crippen molar-refractivity contribution in [1.29, 1.82) is 0 Å². The van der Waals surface area contributed by atoms with Crippen molar-refractivity contribution in [3.05, 3.63) is 41.6 Å². The van der Waals surface area contributed by atoms with Crippen LogP contribution in [0.1, 0.15) is 0 Å². The number of anilines is 1. The highest BCUT2D eigenvalue weighted by molar-refractivity contribution is 7.99. The molecule has 1 heterocycles. The molecule has 8 heteroatoms. The maximum Gasteiger partial charge on any atom is 0.408 e. The van der Waals surface area contributed by atoms with E-state index < -0.39 is 6.09 Å². The van der Waals surface area contributed by atoms with Gasteiger partial charge < -0.3 is 15.4 Å². The van der Waals surface area contributed by atoms with Gasteiger partial charge in [0.15, 0.2) is 0 Å². The lowest BCUT2D eigenvalue weighted by atomic mass is 10.2. The third-order valence-electron chi connectivity index (χ3n) is 2.76. The largest absolute Gasteiger partial charge is 0.453 e. The molecule has 0 aliphatic carbocycles. The number of aliphatic imine (C=N–C) groups is 1.